The molecule has 7 heteroatoms. The van der Waals surface area contributed by atoms with E-state index >= 15 is 0 Å². The number of carbonyl (C=O) groups excluding carboxylic acids is 1. The highest BCUT2D eigenvalue weighted by Crippen LogP contribution is 2.22. The number of amides is 2. The molecule has 0 aliphatic heterocycles. The van der Waals surface area contributed by atoms with Gasteiger partial charge in [-0.05, 0) is 37.1 Å². The van der Waals surface area contributed by atoms with Crippen LogP contribution < -0.4 is 10.6 Å². The predicted molar refractivity (Wildman–Crippen MR) is 96.4 cm³/mol. The zero-order chi connectivity index (χ0) is 18.4. The van der Waals surface area contributed by atoms with E-state index in [0.717, 1.165) is 5.56 Å². The van der Waals surface area contributed by atoms with E-state index in [0.29, 0.717) is 30.2 Å². The van der Waals surface area contributed by atoms with E-state index in [1.54, 1.807) is 12.1 Å². The van der Waals surface area contributed by atoms with Crippen molar-refractivity contribution in [1.29, 1.82) is 0 Å². The summed E-state index contributed by atoms with van der Waals surface area (Å²) in [7, 11) is 0. The van der Waals surface area contributed by atoms with Crippen LogP contribution in [0.3, 0.4) is 0 Å². The SMILES string of the molecule is CCC(CC)(CO)NC(=O)Nc1ccc(-c2nc(C(C)C)no2)cc1. The van der Waals surface area contributed by atoms with Gasteiger partial charge in [-0.15, -0.1) is 0 Å². The zero-order valence-electron chi connectivity index (χ0n) is 15.2. The zero-order valence-corrected chi connectivity index (χ0v) is 15.2. The van der Waals surface area contributed by atoms with Crippen LogP contribution >= 0.6 is 0 Å². The fraction of sp³-hybridized carbons (Fsp3) is 0.500. The summed E-state index contributed by atoms with van der Waals surface area (Å²) in [6.45, 7) is 7.77. The summed E-state index contributed by atoms with van der Waals surface area (Å²) >= 11 is 0. The van der Waals surface area contributed by atoms with Crippen LogP contribution in [0.25, 0.3) is 11.5 Å². The van der Waals surface area contributed by atoms with Crippen molar-refractivity contribution < 1.29 is 14.4 Å². The summed E-state index contributed by atoms with van der Waals surface area (Å²) in [6.07, 6.45) is 1.31. The molecule has 0 atom stereocenters. The second-order valence-corrected chi connectivity index (χ2v) is 6.41. The van der Waals surface area contributed by atoms with Crippen LogP contribution in [0.2, 0.25) is 0 Å². The Bertz CT molecular complexity index is 682. The lowest BCUT2D eigenvalue weighted by atomic mass is 9.94. The second kappa shape index (κ2) is 8.11. The third-order valence-electron chi connectivity index (χ3n) is 4.38. The Morgan fingerprint density at radius 3 is 2.36 bits per heavy atom. The molecule has 2 aromatic rings. The van der Waals surface area contributed by atoms with Gasteiger partial charge in [0.1, 0.15) is 0 Å². The van der Waals surface area contributed by atoms with E-state index in [1.165, 1.54) is 0 Å². The molecule has 2 amide bonds. The standard InChI is InChI=1S/C18H26N4O3/c1-5-18(6-2,11-23)21-17(24)19-14-9-7-13(8-10-14)16-20-15(12(3)4)22-25-16/h7-10,12,23H,5-6,11H2,1-4H3,(H2,19,21,24). The number of hydrogen-bond donors (Lipinski definition) is 3. The number of rotatable bonds is 7. The first kappa shape index (κ1) is 18.9. The Balaban J connectivity index is 2.03. The van der Waals surface area contributed by atoms with Crippen molar-refractivity contribution in [1.82, 2.24) is 15.5 Å². The van der Waals surface area contributed by atoms with Crippen molar-refractivity contribution in [2.75, 3.05) is 11.9 Å². The maximum absolute atomic E-state index is 12.2. The monoisotopic (exact) mass is 346 g/mol. The van der Waals surface area contributed by atoms with Gasteiger partial charge in [0.15, 0.2) is 5.82 Å². The highest BCUT2D eigenvalue weighted by atomic mass is 16.5. The van der Waals surface area contributed by atoms with Crippen LogP contribution in [0, 0.1) is 0 Å². The molecular weight excluding hydrogens is 320 g/mol. The van der Waals surface area contributed by atoms with E-state index in [9.17, 15) is 9.90 Å². The van der Waals surface area contributed by atoms with Crippen LogP contribution in [0.15, 0.2) is 28.8 Å². The van der Waals surface area contributed by atoms with Crippen molar-refractivity contribution in [3.8, 4) is 11.5 Å². The minimum Gasteiger partial charge on any atom is -0.394 e. The van der Waals surface area contributed by atoms with Crippen LogP contribution in [0.1, 0.15) is 52.3 Å². The van der Waals surface area contributed by atoms with Crippen molar-refractivity contribution in [3.63, 3.8) is 0 Å². The Kier molecular flexibility index (Phi) is 6.14. The molecule has 0 spiro atoms. The Morgan fingerprint density at radius 2 is 1.88 bits per heavy atom. The number of hydrogen-bond acceptors (Lipinski definition) is 5. The lowest BCUT2D eigenvalue weighted by Gasteiger charge is -2.30. The lowest BCUT2D eigenvalue weighted by molar-refractivity contribution is 0.155. The third kappa shape index (κ3) is 4.57. The number of aliphatic hydroxyl groups is 1. The Morgan fingerprint density at radius 1 is 1.24 bits per heavy atom. The van der Waals surface area contributed by atoms with Gasteiger partial charge in [-0.3, -0.25) is 0 Å². The summed E-state index contributed by atoms with van der Waals surface area (Å²) in [5.41, 5.74) is 0.835. The van der Waals surface area contributed by atoms with Crippen LogP contribution in [0.5, 0.6) is 0 Å². The molecule has 1 heterocycles. The predicted octanol–water partition coefficient (Wildman–Crippen LogP) is 3.53. The fourth-order valence-electron chi connectivity index (χ4n) is 2.38. The minimum absolute atomic E-state index is 0.0955. The summed E-state index contributed by atoms with van der Waals surface area (Å²) < 4.78 is 5.25. The first-order valence-corrected chi connectivity index (χ1v) is 8.57. The van der Waals surface area contributed by atoms with Crippen LogP contribution in [0.4, 0.5) is 10.5 Å². The van der Waals surface area contributed by atoms with E-state index < -0.39 is 5.54 Å². The van der Waals surface area contributed by atoms with Crippen molar-refractivity contribution in [2.45, 2.75) is 52.0 Å². The Hall–Kier alpha value is -2.41. The molecule has 7 nitrogen and oxygen atoms in total. The lowest BCUT2D eigenvalue weighted by Crippen LogP contribution is -2.51. The van der Waals surface area contributed by atoms with E-state index in [2.05, 4.69) is 20.8 Å². The molecule has 0 fully saturated rings. The van der Waals surface area contributed by atoms with Gasteiger partial charge in [0.25, 0.3) is 5.89 Å². The number of aliphatic hydroxyl groups excluding tert-OH is 1. The molecule has 0 aliphatic rings. The summed E-state index contributed by atoms with van der Waals surface area (Å²) in [6, 6.07) is 6.82. The van der Waals surface area contributed by atoms with Gasteiger partial charge in [-0.25, -0.2) is 4.79 Å². The molecule has 0 saturated heterocycles. The average Bonchev–Trinajstić information content (AvgIpc) is 3.11. The topological polar surface area (TPSA) is 100 Å². The van der Waals surface area contributed by atoms with Gasteiger partial charge in [0.05, 0.1) is 12.1 Å². The van der Waals surface area contributed by atoms with Gasteiger partial charge < -0.3 is 20.3 Å². The molecule has 25 heavy (non-hydrogen) atoms. The molecule has 1 aromatic carbocycles. The molecule has 0 radical (unpaired) electrons. The minimum atomic E-state index is -0.596. The molecule has 136 valence electrons. The Labute approximate surface area is 147 Å². The van der Waals surface area contributed by atoms with E-state index in [4.69, 9.17) is 4.52 Å². The number of benzene rings is 1. The van der Waals surface area contributed by atoms with Crippen LogP contribution in [-0.4, -0.2) is 33.4 Å². The summed E-state index contributed by atoms with van der Waals surface area (Å²) in [5, 5.41) is 19.1. The van der Waals surface area contributed by atoms with Gasteiger partial charge in [0.2, 0.25) is 0 Å². The fourth-order valence-corrected chi connectivity index (χ4v) is 2.38. The smallest absolute Gasteiger partial charge is 0.319 e. The normalized spacial score (nSPS) is 11.6. The largest absolute Gasteiger partial charge is 0.394 e. The maximum Gasteiger partial charge on any atom is 0.319 e. The van der Waals surface area contributed by atoms with Crippen molar-refractivity contribution in [2.24, 2.45) is 0 Å². The highest BCUT2D eigenvalue weighted by molar-refractivity contribution is 5.90. The quantitative estimate of drug-likeness (QED) is 0.712. The number of anilines is 1. The summed E-state index contributed by atoms with van der Waals surface area (Å²) in [5.74, 6) is 1.32. The number of nitrogens with zero attached hydrogens (tertiary/aromatic N) is 2. The van der Waals surface area contributed by atoms with Gasteiger partial charge in [-0.2, -0.15) is 4.98 Å². The molecule has 1 aromatic heterocycles. The number of nitrogens with one attached hydrogen (secondary N) is 2. The third-order valence-corrected chi connectivity index (χ3v) is 4.38. The van der Waals surface area contributed by atoms with Gasteiger partial charge >= 0.3 is 6.03 Å². The first-order chi connectivity index (χ1) is 11.9. The van der Waals surface area contributed by atoms with Crippen molar-refractivity contribution in [3.05, 3.63) is 30.1 Å². The molecule has 2 rings (SSSR count). The molecule has 0 bridgehead atoms. The van der Waals surface area contributed by atoms with Crippen molar-refractivity contribution >= 4 is 11.7 Å². The van der Waals surface area contributed by atoms with E-state index in [-0.39, 0.29) is 18.6 Å². The van der Waals surface area contributed by atoms with Gasteiger partial charge in [0, 0.05) is 17.2 Å². The average molecular weight is 346 g/mol. The molecular formula is C18H26N4O3. The van der Waals surface area contributed by atoms with Crippen LogP contribution in [-0.2, 0) is 0 Å². The van der Waals surface area contributed by atoms with E-state index in [1.807, 2.05) is 39.8 Å². The van der Waals surface area contributed by atoms with Gasteiger partial charge in [-0.1, -0.05) is 32.9 Å². The maximum atomic E-state index is 12.2. The second-order valence-electron chi connectivity index (χ2n) is 6.41. The highest BCUT2D eigenvalue weighted by Gasteiger charge is 2.27. The molecule has 0 aliphatic carbocycles. The first-order valence-electron chi connectivity index (χ1n) is 8.57. The molecule has 0 saturated carbocycles. The molecule has 3 N–H and O–H groups in total. The summed E-state index contributed by atoms with van der Waals surface area (Å²) in [4.78, 5) is 16.5. The molecule has 0 unspecified atom stereocenters. The number of aromatic nitrogens is 2. The number of urea groups is 1. The number of carbonyl (C=O) groups is 1.